The van der Waals surface area contributed by atoms with Gasteiger partial charge in [-0.15, -0.1) is 0 Å². The Hall–Kier alpha value is -1.03. The van der Waals surface area contributed by atoms with Crippen LogP contribution in [-0.4, -0.2) is 5.54 Å². The standard InChI is InChI=1S/C26H31BrClNO/c1-24-10-18-11-25(2,15-24)17-26(12-18,16-24)29-13-20-9-21(27)7-8-23(20)30-14-19-5-3-4-6-22(19)28/h3-9,18,29H,10-17H2,1-2H3. The Bertz CT molecular complexity index is 942. The molecule has 0 spiro atoms. The third kappa shape index (κ3) is 4.06. The van der Waals surface area contributed by atoms with Crippen molar-refractivity contribution in [3.8, 4) is 5.75 Å². The molecule has 0 amide bonds. The van der Waals surface area contributed by atoms with Crippen LogP contribution in [-0.2, 0) is 13.2 Å². The van der Waals surface area contributed by atoms with Crippen molar-refractivity contribution < 1.29 is 4.74 Å². The van der Waals surface area contributed by atoms with Crippen molar-refractivity contribution >= 4 is 27.5 Å². The zero-order chi connectivity index (χ0) is 21.0. The van der Waals surface area contributed by atoms with Crippen LogP contribution in [0.3, 0.4) is 0 Å². The Kier molecular flexibility index (Phi) is 5.24. The first-order valence-corrected chi connectivity index (χ1v) is 12.3. The number of ether oxygens (including phenoxy) is 1. The van der Waals surface area contributed by atoms with Crippen LogP contribution in [0, 0.1) is 16.7 Å². The molecule has 160 valence electrons. The molecule has 0 aromatic heterocycles. The minimum absolute atomic E-state index is 0.283. The van der Waals surface area contributed by atoms with Gasteiger partial charge in [0.05, 0.1) is 0 Å². The fourth-order valence-corrected chi connectivity index (χ4v) is 8.12. The average Bonchev–Trinajstić information content (AvgIpc) is 2.64. The maximum absolute atomic E-state index is 6.32. The molecule has 2 nitrogen and oxygen atoms in total. The summed E-state index contributed by atoms with van der Waals surface area (Å²) in [7, 11) is 0. The lowest BCUT2D eigenvalue weighted by Gasteiger charge is -2.65. The zero-order valence-corrected chi connectivity index (χ0v) is 20.3. The molecule has 0 saturated heterocycles. The van der Waals surface area contributed by atoms with E-state index in [1.54, 1.807) is 0 Å². The molecule has 4 aliphatic rings. The van der Waals surface area contributed by atoms with Gasteiger partial charge < -0.3 is 10.1 Å². The molecule has 0 aliphatic heterocycles. The minimum atomic E-state index is 0.283. The molecule has 2 atom stereocenters. The van der Waals surface area contributed by atoms with Gasteiger partial charge in [-0.3, -0.25) is 0 Å². The van der Waals surface area contributed by atoms with Crippen LogP contribution in [0.25, 0.3) is 0 Å². The summed E-state index contributed by atoms with van der Waals surface area (Å²) in [6, 6.07) is 14.2. The van der Waals surface area contributed by atoms with Gasteiger partial charge in [0.25, 0.3) is 0 Å². The highest BCUT2D eigenvalue weighted by molar-refractivity contribution is 9.10. The lowest BCUT2D eigenvalue weighted by Crippen LogP contribution is -2.63. The van der Waals surface area contributed by atoms with E-state index in [1.807, 2.05) is 24.3 Å². The number of halogens is 2. The highest BCUT2D eigenvalue weighted by Crippen LogP contribution is 2.66. The van der Waals surface area contributed by atoms with Crippen molar-refractivity contribution in [1.29, 1.82) is 0 Å². The van der Waals surface area contributed by atoms with Gasteiger partial charge in [0.1, 0.15) is 12.4 Å². The first-order chi connectivity index (χ1) is 14.3. The molecule has 2 unspecified atom stereocenters. The predicted octanol–water partition coefficient (Wildman–Crippen LogP) is 7.52. The quantitative estimate of drug-likeness (QED) is 0.454. The maximum atomic E-state index is 6.32. The molecule has 6 rings (SSSR count). The van der Waals surface area contributed by atoms with E-state index < -0.39 is 0 Å². The molecule has 4 aliphatic carbocycles. The van der Waals surface area contributed by atoms with Crippen molar-refractivity contribution in [2.75, 3.05) is 0 Å². The average molecular weight is 489 g/mol. The molecule has 4 bridgehead atoms. The van der Waals surface area contributed by atoms with Crippen LogP contribution in [0.5, 0.6) is 5.75 Å². The smallest absolute Gasteiger partial charge is 0.124 e. The molecular formula is C26H31BrClNO. The first-order valence-electron chi connectivity index (χ1n) is 11.2. The molecular weight excluding hydrogens is 458 g/mol. The Balaban J connectivity index is 1.33. The van der Waals surface area contributed by atoms with E-state index in [0.717, 1.165) is 33.3 Å². The van der Waals surface area contributed by atoms with Crippen LogP contribution in [0.15, 0.2) is 46.9 Å². The van der Waals surface area contributed by atoms with E-state index in [1.165, 1.54) is 44.1 Å². The van der Waals surface area contributed by atoms with E-state index in [0.29, 0.717) is 17.4 Å². The van der Waals surface area contributed by atoms with Crippen molar-refractivity contribution in [3.63, 3.8) is 0 Å². The van der Waals surface area contributed by atoms with Gasteiger partial charge in [-0.05, 0) is 79.5 Å². The van der Waals surface area contributed by atoms with Gasteiger partial charge in [0.2, 0.25) is 0 Å². The minimum Gasteiger partial charge on any atom is -0.489 e. The van der Waals surface area contributed by atoms with E-state index in [4.69, 9.17) is 16.3 Å². The van der Waals surface area contributed by atoms with Gasteiger partial charge in [-0.1, -0.05) is 59.6 Å². The van der Waals surface area contributed by atoms with Crippen molar-refractivity contribution in [2.24, 2.45) is 16.7 Å². The van der Waals surface area contributed by atoms with E-state index in [9.17, 15) is 0 Å². The fourth-order valence-electron chi connectivity index (χ4n) is 7.53. The molecule has 2 aromatic carbocycles. The summed E-state index contributed by atoms with van der Waals surface area (Å²) in [5.74, 6) is 1.83. The molecule has 1 N–H and O–H groups in total. The summed E-state index contributed by atoms with van der Waals surface area (Å²) in [4.78, 5) is 0. The summed E-state index contributed by atoms with van der Waals surface area (Å²) in [5.41, 5.74) is 3.54. The van der Waals surface area contributed by atoms with Crippen LogP contribution >= 0.6 is 27.5 Å². The van der Waals surface area contributed by atoms with Gasteiger partial charge in [-0.25, -0.2) is 0 Å². The number of rotatable bonds is 6. The molecule has 4 heteroatoms. The Labute approximate surface area is 193 Å². The van der Waals surface area contributed by atoms with Crippen LogP contribution in [0.1, 0.15) is 63.5 Å². The van der Waals surface area contributed by atoms with Crippen LogP contribution in [0.4, 0.5) is 0 Å². The SMILES string of the molecule is CC12CC3CC(C)(C1)CC(NCc1cc(Br)ccc1OCc1ccccc1Cl)(C3)C2. The highest BCUT2D eigenvalue weighted by atomic mass is 79.9. The van der Waals surface area contributed by atoms with Crippen LogP contribution < -0.4 is 10.1 Å². The maximum Gasteiger partial charge on any atom is 0.124 e. The lowest BCUT2D eigenvalue weighted by molar-refractivity contribution is -0.118. The van der Waals surface area contributed by atoms with Crippen molar-refractivity contribution in [3.05, 3.63) is 63.1 Å². The third-order valence-corrected chi connectivity index (χ3v) is 8.51. The van der Waals surface area contributed by atoms with Gasteiger partial charge in [-0.2, -0.15) is 0 Å². The normalized spacial score (nSPS) is 34.3. The fraction of sp³-hybridized carbons (Fsp3) is 0.538. The molecule has 0 radical (unpaired) electrons. The molecule has 2 aromatic rings. The number of hydrogen-bond donors (Lipinski definition) is 1. The van der Waals surface area contributed by atoms with Crippen molar-refractivity contribution in [2.45, 2.75) is 71.1 Å². The third-order valence-electron chi connectivity index (χ3n) is 7.64. The Morgan fingerprint density at radius 3 is 2.43 bits per heavy atom. The number of benzene rings is 2. The monoisotopic (exact) mass is 487 g/mol. The number of nitrogens with one attached hydrogen (secondary N) is 1. The second kappa shape index (κ2) is 7.53. The zero-order valence-electron chi connectivity index (χ0n) is 17.9. The summed E-state index contributed by atoms with van der Waals surface area (Å²) in [5, 5.41) is 4.80. The van der Waals surface area contributed by atoms with Gasteiger partial charge in [0.15, 0.2) is 0 Å². The highest BCUT2D eigenvalue weighted by Gasteiger charge is 2.59. The molecule has 4 fully saturated rings. The molecule has 4 saturated carbocycles. The van der Waals surface area contributed by atoms with Gasteiger partial charge >= 0.3 is 0 Å². The van der Waals surface area contributed by atoms with Crippen molar-refractivity contribution in [1.82, 2.24) is 5.32 Å². The summed E-state index contributed by atoms with van der Waals surface area (Å²) in [6.45, 7) is 6.39. The summed E-state index contributed by atoms with van der Waals surface area (Å²) < 4.78 is 7.32. The topological polar surface area (TPSA) is 21.3 Å². The molecule has 0 heterocycles. The molecule has 30 heavy (non-hydrogen) atoms. The van der Waals surface area contributed by atoms with Crippen LogP contribution in [0.2, 0.25) is 5.02 Å². The Morgan fingerprint density at radius 2 is 1.73 bits per heavy atom. The largest absolute Gasteiger partial charge is 0.489 e. The lowest BCUT2D eigenvalue weighted by atomic mass is 9.43. The Morgan fingerprint density at radius 1 is 1.00 bits per heavy atom. The summed E-state index contributed by atoms with van der Waals surface area (Å²) in [6.07, 6.45) is 8.22. The first kappa shape index (κ1) is 20.8. The van der Waals surface area contributed by atoms with E-state index in [-0.39, 0.29) is 5.54 Å². The van der Waals surface area contributed by atoms with E-state index in [2.05, 4.69) is 53.3 Å². The second-order valence-corrected chi connectivity index (χ2v) is 12.2. The van der Waals surface area contributed by atoms with Gasteiger partial charge in [0, 0.05) is 32.7 Å². The predicted molar refractivity (Wildman–Crippen MR) is 127 cm³/mol. The summed E-state index contributed by atoms with van der Waals surface area (Å²) >= 11 is 9.97. The number of hydrogen-bond acceptors (Lipinski definition) is 2. The van der Waals surface area contributed by atoms with E-state index >= 15 is 0 Å². The second-order valence-electron chi connectivity index (χ2n) is 10.9.